The Balaban J connectivity index is 4.43. The largest absolute Gasteiger partial charge is 0.390 e. The van der Waals surface area contributed by atoms with Crippen molar-refractivity contribution in [3.05, 3.63) is 0 Å². The van der Waals surface area contributed by atoms with Gasteiger partial charge < -0.3 is 17.2 Å². The third-order valence-electron chi connectivity index (χ3n) is 1.09. The van der Waals surface area contributed by atoms with Gasteiger partial charge in [0.25, 0.3) is 0 Å². The molecule has 0 radical (unpaired) electrons. The van der Waals surface area contributed by atoms with Crippen molar-refractivity contribution in [2.45, 2.75) is 10.7 Å². The Morgan fingerprint density at radius 3 is 2.38 bits per heavy atom. The minimum absolute atomic E-state index is 0.0472. The molecule has 8 heteroatoms. The zero-order valence-electron chi connectivity index (χ0n) is 7.05. The summed E-state index contributed by atoms with van der Waals surface area (Å²) in [6.45, 7) is 0. The maximum Gasteiger partial charge on any atom is 0.187 e. The number of hydrogen-bond donors (Lipinski definition) is 3. The van der Waals surface area contributed by atoms with Gasteiger partial charge in [-0.3, -0.25) is 4.99 Å². The molecule has 0 aliphatic carbocycles. The molecule has 0 aliphatic rings. The van der Waals surface area contributed by atoms with Gasteiger partial charge in [0.1, 0.15) is 10.7 Å². The van der Waals surface area contributed by atoms with Crippen LogP contribution in [-0.4, -0.2) is 29.3 Å². The average Bonchev–Trinajstić information content (AvgIpc) is 2.10. The Morgan fingerprint density at radius 2 is 2.08 bits per heavy atom. The van der Waals surface area contributed by atoms with Crippen molar-refractivity contribution in [2.24, 2.45) is 27.2 Å². The smallest absolute Gasteiger partial charge is 0.187 e. The van der Waals surface area contributed by atoms with Crippen LogP contribution in [0.25, 0.3) is 0 Å². The number of nitrogens with zero attached hydrogens (tertiary/aromatic N) is 2. The second kappa shape index (κ2) is 7.56. The molecule has 0 aromatic heterocycles. The molecule has 0 aliphatic heterocycles. The predicted molar refractivity (Wildman–Crippen MR) is 71.2 cm³/mol. The van der Waals surface area contributed by atoms with Gasteiger partial charge >= 0.3 is 0 Å². The van der Waals surface area contributed by atoms with Gasteiger partial charge in [-0.1, -0.05) is 8.93 Å². The van der Waals surface area contributed by atoms with Crippen molar-refractivity contribution >= 4 is 54.2 Å². The molecule has 0 aromatic carbocycles. The van der Waals surface area contributed by atoms with Crippen molar-refractivity contribution in [3.8, 4) is 0 Å². The van der Waals surface area contributed by atoms with E-state index in [0.717, 1.165) is 0 Å². The normalized spacial score (nSPS) is 15.5. The molecule has 0 spiro atoms. The Bertz CT molecular complexity index is 193. The molecule has 0 saturated carbocycles. The first kappa shape index (κ1) is 13.2. The highest BCUT2D eigenvalue weighted by atomic mass is 127. The van der Waals surface area contributed by atoms with Crippen LogP contribution in [0.15, 0.2) is 9.98 Å². The van der Waals surface area contributed by atoms with Crippen LogP contribution in [0.4, 0.5) is 0 Å². The van der Waals surface area contributed by atoms with Gasteiger partial charge in [0.2, 0.25) is 0 Å². The quantitative estimate of drug-likeness (QED) is 0.383. The summed E-state index contributed by atoms with van der Waals surface area (Å²) in [7, 11) is 1.50. The first-order valence-corrected chi connectivity index (χ1v) is 7.99. The summed E-state index contributed by atoms with van der Waals surface area (Å²) in [6.07, 6.45) is 3.20. The lowest BCUT2D eigenvalue weighted by molar-refractivity contribution is 0.863. The molecule has 2 unspecified atom stereocenters. The lowest BCUT2D eigenvalue weighted by Gasteiger charge is -2.15. The van der Waals surface area contributed by atoms with Crippen LogP contribution in [0.5, 0.6) is 0 Å². The third kappa shape index (κ3) is 5.47. The van der Waals surface area contributed by atoms with Gasteiger partial charge in [-0.05, 0) is 27.5 Å². The van der Waals surface area contributed by atoms with E-state index < -0.39 is 0 Å². The highest BCUT2D eigenvalue weighted by Gasteiger charge is 2.18. The standard InChI is InChI=1S/C5H12IN5S2/c1-12-3(10-2-7)4(13-6)11-5(8)9/h2-4H,1H3,(H2,7,10)(H4,8,9,11). The summed E-state index contributed by atoms with van der Waals surface area (Å²) >= 11 is 3.68. The number of halogens is 1. The number of hydrogen-bond acceptors (Lipinski definition) is 4. The molecule has 0 fully saturated rings. The van der Waals surface area contributed by atoms with Gasteiger partial charge in [0.15, 0.2) is 5.96 Å². The highest BCUT2D eigenvalue weighted by molar-refractivity contribution is 14.2. The Hall–Kier alpha value is 0.170. The maximum atomic E-state index is 5.28. The Morgan fingerprint density at radius 1 is 1.46 bits per heavy atom. The van der Waals surface area contributed by atoms with E-state index in [1.807, 2.05) is 6.26 Å². The van der Waals surface area contributed by atoms with Gasteiger partial charge in [-0.2, -0.15) is 0 Å². The molecule has 0 rings (SSSR count). The molecule has 0 saturated heterocycles. The molecule has 5 nitrogen and oxygen atoms in total. The SMILES string of the molecule is CSC(/N=C\N)C(N=C(N)N)SI. The number of guanidine groups is 1. The first-order chi connectivity index (χ1) is 6.15. The zero-order chi connectivity index (χ0) is 10.3. The number of rotatable bonds is 5. The highest BCUT2D eigenvalue weighted by Crippen LogP contribution is 2.29. The van der Waals surface area contributed by atoms with E-state index >= 15 is 0 Å². The van der Waals surface area contributed by atoms with Gasteiger partial charge in [-0.15, -0.1) is 11.8 Å². The minimum atomic E-state index is -0.0969. The topological polar surface area (TPSA) is 103 Å². The van der Waals surface area contributed by atoms with E-state index in [2.05, 4.69) is 31.2 Å². The molecule has 0 heterocycles. The second-order valence-corrected chi connectivity index (χ2v) is 5.10. The van der Waals surface area contributed by atoms with Gasteiger partial charge in [-0.25, -0.2) is 4.99 Å². The molecule has 0 aromatic rings. The molecule has 0 amide bonds. The van der Waals surface area contributed by atoms with E-state index in [-0.39, 0.29) is 16.7 Å². The predicted octanol–water partition coefficient (Wildman–Crippen LogP) is 0.345. The molecule has 2 atom stereocenters. The molecular weight excluding hydrogens is 321 g/mol. The van der Waals surface area contributed by atoms with Crippen LogP contribution in [-0.2, 0) is 0 Å². The fourth-order valence-electron chi connectivity index (χ4n) is 0.610. The molecule has 76 valence electrons. The summed E-state index contributed by atoms with van der Waals surface area (Å²) in [5.41, 5.74) is 15.8. The summed E-state index contributed by atoms with van der Waals surface area (Å²) in [5.74, 6) is 0.0698. The average molecular weight is 333 g/mol. The van der Waals surface area contributed by atoms with Gasteiger partial charge in [0, 0.05) is 0 Å². The number of nitrogens with two attached hydrogens (primary N) is 3. The van der Waals surface area contributed by atoms with Crippen molar-refractivity contribution in [1.82, 2.24) is 0 Å². The van der Waals surface area contributed by atoms with E-state index in [1.165, 1.54) is 15.3 Å². The summed E-state index contributed by atoms with van der Waals surface area (Å²) in [4.78, 5) is 8.06. The second-order valence-electron chi connectivity index (χ2n) is 1.96. The summed E-state index contributed by atoms with van der Waals surface area (Å²) in [6, 6.07) is 0. The van der Waals surface area contributed by atoms with E-state index in [9.17, 15) is 0 Å². The monoisotopic (exact) mass is 333 g/mol. The van der Waals surface area contributed by atoms with Crippen LogP contribution in [0.2, 0.25) is 0 Å². The first-order valence-electron chi connectivity index (χ1n) is 3.28. The summed E-state index contributed by atoms with van der Waals surface area (Å²) < 4.78 is 0. The van der Waals surface area contributed by atoms with Crippen LogP contribution < -0.4 is 17.2 Å². The molecule has 6 N–H and O–H groups in total. The number of aliphatic imine (C=N–C) groups is 2. The van der Waals surface area contributed by atoms with Crippen LogP contribution >= 0.6 is 41.9 Å². The fraction of sp³-hybridized carbons (Fsp3) is 0.600. The van der Waals surface area contributed by atoms with Crippen molar-refractivity contribution in [2.75, 3.05) is 6.26 Å². The lowest BCUT2D eigenvalue weighted by atomic mass is 10.6. The lowest BCUT2D eigenvalue weighted by Crippen LogP contribution is -2.27. The third-order valence-corrected chi connectivity index (χ3v) is 4.23. The number of thioether (sulfide) groups is 1. The van der Waals surface area contributed by atoms with E-state index in [4.69, 9.17) is 17.2 Å². The maximum absolute atomic E-state index is 5.28. The Kier molecular flexibility index (Phi) is 7.66. The van der Waals surface area contributed by atoms with E-state index in [0.29, 0.717) is 0 Å². The van der Waals surface area contributed by atoms with Crippen molar-refractivity contribution < 1.29 is 0 Å². The van der Waals surface area contributed by atoms with Crippen molar-refractivity contribution in [1.29, 1.82) is 0 Å². The zero-order valence-corrected chi connectivity index (χ0v) is 10.8. The molecule has 0 bridgehead atoms. The van der Waals surface area contributed by atoms with Gasteiger partial charge in [0.05, 0.1) is 6.34 Å². The van der Waals surface area contributed by atoms with Crippen LogP contribution in [0.3, 0.4) is 0 Å². The minimum Gasteiger partial charge on any atom is -0.390 e. The van der Waals surface area contributed by atoms with Crippen molar-refractivity contribution in [3.63, 3.8) is 0 Å². The van der Waals surface area contributed by atoms with Crippen LogP contribution in [0, 0.1) is 0 Å². The summed E-state index contributed by atoms with van der Waals surface area (Å²) in [5, 5.41) is -0.144. The van der Waals surface area contributed by atoms with E-state index in [1.54, 1.807) is 11.8 Å². The molecular formula is C5H12IN5S2. The fourth-order valence-corrected chi connectivity index (χ4v) is 3.69. The Labute approximate surface area is 98.0 Å². The molecule has 13 heavy (non-hydrogen) atoms. The van der Waals surface area contributed by atoms with Crippen LogP contribution in [0.1, 0.15) is 0 Å².